The van der Waals surface area contributed by atoms with Gasteiger partial charge in [-0.2, -0.15) is 0 Å². The minimum atomic E-state index is -1.18. The Kier molecular flexibility index (Phi) is 3.52. The van der Waals surface area contributed by atoms with E-state index in [4.69, 9.17) is 5.73 Å². The third-order valence-corrected chi connectivity index (χ3v) is 2.05. The molecule has 0 saturated carbocycles. The maximum absolute atomic E-state index is 13.1. The minimum absolute atomic E-state index is 0.355. The van der Waals surface area contributed by atoms with E-state index in [1.807, 2.05) is 6.92 Å². The molecule has 0 aliphatic carbocycles. The van der Waals surface area contributed by atoms with Crippen LogP contribution in [0.3, 0.4) is 0 Å². The van der Waals surface area contributed by atoms with Gasteiger partial charge < -0.3 is 5.73 Å². The van der Waals surface area contributed by atoms with Crippen LogP contribution >= 0.6 is 0 Å². The predicted octanol–water partition coefficient (Wildman–Crippen LogP) is 2.90. The van der Waals surface area contributed by atoms with Gasteiger partial charge in [-0.1, -0.05) is 13.3 Å². The standard InChI is InChI=1S/C10H12F3N/c1-2-3-8(14)9-6(11)4-5-7(12)10(9)13/h4-5,8H,2-3,14H2,1H3/t8-/m0/s1. The van der Waals surface area contributed by atoms with Crippen LogP contribution in [0.15, 0.2) is 12.1 Å². The molecule has 0 aliphatic heterocycles. The van der Waals surface area contributed by atoms with Gasteiger partial charge in [0.05, 0.1) is 0 Å². The van der Waals surface area contributed by atoms with Crippen molar-refractivity contribution in [2.75, 3.05) is 0 Å². The van der Waals surface area contributed by atoms with Crippen LogP contribution in [0.2, 0.25) is 0 Å². The van der Waals surface area contributed by atoms with E-state index < -0.39 is 23.5 Å². The zero-order chi connectivity index (χ0) is 10.7. The van der Waals surface area contributed by atoms with E-state index in [1.54, 1.807) is 0 Å². The Balaban J connectivity index is 3.11. The quantitative estimate of drug-likeness (QED) is 0.751. The van der Waals surface area contributed by atoms with Crippen molar-refractivity contribution in [2.45, 2.75) is 25.8 Å². The molecule has 0 saturated heterocycles. The van der Waals surface area contributed by atoms with Crippen molar-refractivity contribution in [2.24, 2.45) is 5.73 Å². The molecular formula is C10H12F3N. The van der Waals surface area contributed by atoms with E-state index in [0.29, 0.717) is 12.8 Å². The number of hydrogen-bond donors (Lipinski definition) is 1. The fourth-order valence-electron chi connectivity index (χ4n) is 1.34. The number of hydrogen-bond acceptors (Lipinski definition) is 1. The molecule has 78 valence electrons. The summed E-state index contributed by atoms with van der Waals surface area (Å²) in [6.45, 7) is 1.84. The molecular weight excluding hydrogens is 191 g/mol. The van der Waals surface area contributed by atoms with E-state index in [1.165, 1.54) is 0 Å². The molecule has 1 nitrogen and oxygen atoms in total. The number of benzene rings is 1. The summed E-state index contributed by atoms with van der Waals surface area (Å²) in [5.41, 5.74) is 5.17. The van der Waals surface area contributed by atoms with Gasteiger partial charge >= 0.3 is 0 Å². The van der Waals surface area contributed by atoms with Crippen LogP contribution in [0.1, 0.15) is 31.4 Å². The van der Waals surface area contributed by atoms with Gasteiger partial charge in [0.2, 0.25) is 0 Å². The fraction of sp³-hybridized carbons (Fsp3) is 0.400. The molecule has 0 fully saturated rings. The van der Waals surface area contributed by atoms with Crippen molar-refractivity contribution in [1.82, 2.24) is 0 Å². The van der Waals surface area contributed by atoms with Gasteiger partial charge in [-0.15, -0.1) is 0 Å². The summed E-state index contributed by atoms with van der Waals surface area (Å²) in [4.78, 5) is 0. The first-order chi connectivity index (χ1) is 6.57. The highest BCUT2D eigenvalue weighted by Crippen LogP contribution is 2.24. The average Bonchev–Trinajstić information content (AvgIpc) is 2.13. The van der Waals surface area contributed by atoms with Gasteiger partial charge in [0.15, 0.2) is 11.6 Å². The maximum atomic E-state index is 13.1. The van der Waals surface area contributed by atoms with Crippen LogP contribution in [0.25, 0.3) is 0 Å². The highest BCUT2D eigenvalue weighted by Gasteiger charge is 2.18. The summed E-state index contributed by atoms with van der Waals surface area (Å²) in [5.74, 6) is -3.02. The fourth-order valence-corrected chi connectivity index (χ4v) is 1.34. The van der Waals surface area contributed by atoms with E-state index in [9.17, 15) is 13.2 Å². The van der Waals surface area contributed by atoms with Gasteiger partial charge in [0.1, 0.15) is 5.82 Å². The van der Waals surface area contributed by atoms with Crippen molar-refractivity contribution >= 4 is 0 Å². The molecule has 4 heteroatoms. The second-order valence-electron chi connectivity index (χ2n) is 3.15. The molecule has 0 aromatic heterocycles. The molecule has 14 heavy (non-hydrogen) atoms. The molecule has 0 radical (unpaired) electrons. The Labute approximate surface area is 80.7 Å². The predicted molar refractivity (Wildman–Crippen MR) is 48.2 cm³/mol. The van der Waals surface area contributed by atoms with E-state index in [2.05, 4.69) is 0 Å². The molecule has 1 rings (SSSR count). The van der Waals surface area contributed by atoms with E-state index in [0.717, 1.165) is 12.1 Å². The molecule has 1 aromatic rings. The molecule has 0 amide bonds. The Bertz CT molecular complexity index is 325. The second kappa shape index (κ2) is 4.46. The van der Waals surface area contributed by atoms with Gasteiger partial charge in [0, 0.05) is 11.6 Å². The number of halogens is 3. The summed E-state index contributed by atoms with van der Waals surface area (Å²) < 4.78 is 39.0. The van der Waals surface area contributed by atoms with Crippen LogP contribution in [0.4, 0.5) is 13.2 Å². The van der Waals surface area contributed by atoms with Crippen molar-refractivity contribution < 1.29 is 13.2 Å². The zero-order valence-electron chi connectivity index (χ0n) is 7.86. The number of nitrogens with two attached hydrogens (primary N) is 1. The van der Waals surface area contributed by atoms with Gasteiger partial charge in [-0.25, -0.2) is 13.2 Å². The van der Waals surface area contributed by atoms with Crippen LogP contribution < -0.4 is 5.73 Å². The normalized spacial score (nSPS) is 12.9. The summed E-state index contributed by atoms with van der Waals surface area (Å²) in [6, 6.07) is 0.867. The first-order valence-corrected chi connectivity index (χ1v) is 4.46. The zero-order valence-corrected chi connectivity index (χ0v) is 7.86. The SMILES string of the molecule is CCC[C@H](N)c1c(F)ccc(F)c1F. The lowest BCUT2D eigenvalue weighted by atomic mass is 10.0. The Morgan fingerprint density at radius 2 is 1.79 bits per heavy atom. The lowest BCUT2D eigenvalue weighted by Gasteiger charge is -2.12. The Morgan fingerprint density at radius 1 is 1.21 bits per heavy atom. The molecule has 2 N–H and O–H groups in total. The first-order valence-electron chi connectivity index (χ1n) is 4.46. The van der Waals surface area contributed by atoms with Crippen LogP contribution in [0.5, 0.6) is 0 Å². The third kappa shape index (κ3) is 2.07. The lowest BCUT2D eigenvalue weighted by molar-refractivity contribution is 0.457. The molecule has 0 spiro atoms. The van der Waals surface area contributed by atoms with E-state index in [-0.39, 0.29) is 5.56 Å². The van der Waals surface area contributed by atoms with Crippen LogP contribution in [-0.4, -0.2) is 0 Å². The highest BCUT2D eigenvalue weighted by molar-refractivity contribution is 5.24. The van der Waals surface area contributed by atoms with Crippen molar-refractivity contribution in [1.29, 1.82) is 0 Å². The molecule has 0 unspecified atom stereocenters. The van der Waals surface area contributed by atoms with Crippen molar-refractivity contribution in [3.8, 4) is 0 Å². The topological polar surface area (TPSA) is 26.0 Å². The molecule has 0 aliphatic rings. The summed E-state index contributed by atoms with van der Waals surface area (Å²) >= 11 is 0. The van der Waals surface area contributed by atoms with Crippen LogP contribution in [-0.2, 0) is 0 Å². The van der Waals surface area contributed by atoms with Crippen molar-refractivity contribution in [3.05, 3.63) is 35.1 Å². The smallest absolute Gasteiger partial charge is 0.166 e. The van der Waals surface area contributed by atoms with Gasteiger partial charge in [-0.3, -0.25) is 0 Å². The van der Waals surface area contributed by atoms with Gasteiger partial charge in [-0.05, 0) is 18.6 Å². The summed E-state index contributed by atoms with van der Waals surface area (Å²) in [7, 11) is 0. The highest BCUT2D eigenvalue weighted by atomic mass is 19.2. The first kappa shape index (κ1) is 11.0. The third-order valence-electron chi connectivity index (χ3n) is 2.05. The van der Waals surface area contributed by atoms with Crippen molar-refractivity contribution in [3.63, 3.8) is 0 Å². The lowest BCUT2D eigenvalue weighted by Crippen LogP contribution is -2.14. The second-order valence-corrected chi connectivity index (χ2v) is 3.15. The minimum Gasteiger partial charge on any atom is -0.324 e. The Hall–Kier alpha value is -1.03. The Morgan fingerprint density at radius 3 is 2.36 bits per heavy atom. The molecule has 1 atom stereocenters. The average molecular weight is 203 g/mol. The van der Waals surface area contributed by atoms with Crippen LogP contribution in [0, 0.1) is 17.5 Å². The largest absolute Gasteiger partial charge is 0.324 e. The molecule has 0 heterocycles. The summed E-state index contributed by atoms with van der Waals surface area (Å²) in [6.07, 6.45) is 1.12. The van der Waals surface area contributed by atoms with Gasteiger partial charge in [0.25, 0.3) is 0 Å². The number of rotatable bonds is 3. The maximum Gasteiger partial charge on any atom is 0.166 e. The monoisotopic (exact) mass is 203 g/mol. The summed E-state index contributed by atoms with van der Waals surface area (Å²) in [5, 5.41) is 0. The van der Waals surface area contributed by atoms with E-state index >= 15 is 0 Å². The molecule has 1 aromatic carbocycles. The molecule has 0 bridgehead atoms.